The summed E-state index contributed by atoms with van der Waals surface area (Å²) in [6.07, 6.45) is 2.48. The molecule has 0 aromatic carbocycles. The van der Waals surface area contributed by atoms with Gasteiger partial charge in [0.25, 0.3) is 0 Å². The van der Waals surface area contributed by atoms with E-state index in [-0.39, 0.29) is 11.6 Å². The topological polar surface area (TPSA) is 38.8 Å². The van der Waals surface area contributed by atoms with Crippen molar-refractivity contribution in [3.63, 3.8) is 0 Å². The fourth-order valence-electron chi connectivity index (χ4n) is 2.55. The quantitative estimate of drug-likeness (QED) is 0.521. The van der Waals surface area contributed by atoms with Crippen molar-refractivity contribution in [2.24, 2.45) is 5.92 Å². The first-order valence-corrected chi connectivity index (χ1v) is 5.76. The summed E-state index contributed by atoms with van der Waals surface area (Å²) in [7, 11) is 1.43. The third-order valence-electron chi connectivity index (χ3n) is 3.42. The Morgan fingerprint density at radius 3 is 2.13 bits per heavy atom. The van der Waals surface area contributed by atoms with Gasteiger partial charge in [-0.1, -0.05) is 27.7 Å². The lowest BCUT2D eigenvalue weighted by molar-refractivity contribution is -0.147. The van der Waals surface area contributed by atoms with E-state index >= 15 is 0 Å². The number of esters is 1. The second-order valence-electron chi connectivity index (χ2n) is 4.72. The van der Waals surface area contributed by atoms with E-state index in [1.54, 1.807) is 0 Å². The Labute approximate surface area is 92.1 Å². The van der Waals surface area contributed by atoms with Crippen LogP contribution in [0.2, 0.25) is 0 Å². The summed E-state index contributed by atoms with van der Waals surface area (Å²) in [5.41, 5.74) is -0.941. The molecule has 1 unspecified atom stereocenters. The SMILES string of the molecule is CCC1(CC)OC1(CC(C)C)C(=O)OC. The van der Waals surface area contributed by atoms with Gasteiger partial charge in [0.1, 0.15) is 5.60 Å². The van der Waals surface area contributed by atoms with Gasteiger partial charge >= 0.3 is 5.97 Å². The van der Waals surface area contributed by atoms with Gasteiger partial charge in [-0.15, -0.1) is 0 Å². The Morgan fingerprint density at radius 1 is 1.33 bits per heavy atom. The van der Waals surface area contributed by atoms with E-state index in [1.165, 1.54) is 7.11 Å². The molecule has 0 aromatic heterocycles. The molecule has 1 heterocycles. The molecule has 0 radical (unpaired) electrons. The van der Waals surface area contributed by atoms with Crippen LogP contribution in [-0.2, 0) is 14.3 Å². The molecule has 1 rings (SSSR count). The van der Waals surface area contributed by atoms with Gasteiger partial charge in [-0.2, -0.15) is 0 Å². The maximum atomic E-state index is 11.8. The van der Waals surface area contributed by atoms with Crippen molar-refractivity contribution in [2.75, 3.05) is 7.11 Å². The molecule has 1 atom stereocenters. The van der Waals surface area contributed by atoms with Crippen LogP contribution in [0.4, 0.5) is 0 Å². The first-order chi connectivity index (χ1) is 6.98. The predicted octanol–water partition coefficient (Wildman–Crippen LogP) is 2.53. The second-order valence-corrected chi connectivity index (χ2v) is 4.72. The Kier molecular flexibility index (Phi) is 3.44. The second kappa shape index (κ2) is 4.12. The Hall–Kier alpha value is -0.570. The van der Waals surface area contributed by atoms with Crippen molar-refractivity contribution in [3.05, 3.63) is 0 Å². The average Bonchev–Trinajstić information content (AvgIpc) is 2.86. The predicted molar refractivity (Wildman–Crippen MR) is 58.6 cm³/mol. The lowest BCUT2D eigenvalue weighted by atomic mass is 9.82. The Morgan fingerprint density at radius 2 is 1.87 bits per heavy atom. The molecule has 0 bridgehead atoms. The Balaban J connectivity index is 2.88. The standard InChI is InChI=1S/C12H22O3/c1-6-11(7-2)12(15-11,8-9(3)4)10(13)14-5/h9H,6-8H2,1-5H3. The number of hydrogen-bond acceptors (Lipinski definition) is 3. The molecule has 1 aliphatic heterocycles. The van der Waals surface area contributed by atoms with Crippen LogP contribution in [0.3, 0.4) is 0 Å². The number of ether oxygens (including phenoxy) is 2. The molecular weight excluding hydrogens is 192 g/mol. The molecule has 0 spiro atoms. The number of hydrogen-bond donors (Lipinski definition) is 0. The van der Waals surface area contributed by atoms with Crippen molar-refractivity contribution in [3.8, 4) is 0 Å². The van der Waals surface area contributed by atoms with Crippen LogP contribution in [0, 0.1) is 5.92 Å². The van der Waals surface area contributed by atoms with Gasteiger partial charge in [0, 0.05) is 0 Å². The van der Waals surface area contributed by atoms with E-state index in [9.17, 15) is 4.79 Å². The van der Waals surface area contributed by atoms with Crippen molar-refractivity contribution in [1.82, 2.24) is 0 Å². The monoisotopic (exact) mass is 214 g/mol. The van der Waals surface area contributed by atoms with Crippen LogP contribution >= 0.6 is 0 Å². The van der Waals surface area contributed by atoms with E-state index < -0.39 is 5.60 Å². The first kappa shape index (κ1) is 12.5. The summed E-state index contributed by atoms with van der Waals surface area (Å²) >= 11 is 0. The fourth-order valence-corrected chi connectivity index (χ4v) is 2.55. The molecule has 0 amide bonds. The number of methoxy groups -OCH3 is 1. The molecule has 0 N–H and O–H groups in total. The molecule has 3 heteroatoms. The maximum Gasteiger partial charge on any atom is 0.341 e. The summed E-state index contributed by atoms with van der Waals surface area (Å²) in [6.45, 7) is 8.33. The third-order valence-corrected chi connectivity index (χ3v) is 3.42. The molecule has 1 aliphatic rings. The van der Waals surface area contributed by atoms with Gasteiger partial charge in [-0.05, 0) is 25.2 Å². The minimum Gasteiger partial charge on any atom is -0.467 e. The zero-order valence-electron chi connectivity index (χ0n) is 10.4. The largest absolute Gasteiger partial charge is 0.467 e. The number of carbonyl (C=O) groups is 1. The van der Waals surface area contributed by atoms with Crippen LogP contribution in [0.1, 0.15) is 47.0 Å². The smallest absolute Gasteiger partial charge is 0.341 e. The van der Waals surface area contributed by atoms with E-state index in [0.717, 1.165) is 19.3 Å². The highest BCUT2D eigenvalue weighted by molar-refractivity contribution is 5.84. The molecule has 0 aromatic rings. The van der Waals surface area contributed by atoms with Gasteiger partial charge in [0.2, 0.25) is 0 Å². The fraction of sp³-hybridized carbons (Fsp3) is 0.917. The summed E-state index contributed by atoms with van der Waals surface area (Å²) in [6, 6.07) is 0. The lowest BCUT2D eigenvalue weighted by Crippen LogP contribution is -2.36. The zero-order chi connectivity index (χ0) is 11.7. The van der Waals surface area contributed by atoms with E-state index in [2.05, 4.69) is 27.7 Å². The summed E-state index contributed by atoms with van der Waals surface area (Å²) in [5, 5.41) is 0. The molecule has 88 valence electrons. The molecule has 15 heavy (non-hydrogen) atoms. The van der Waals surface area contributed by atoms with Gasteiger partial charge < -0.3 is 9.47 Å². The number of carbonyl (C=O) groups excluding carboxylic acids is 1. The van der Waals surface area contributed by atoms with Crippen LogP contribution in [0.15, 0.2) is 0 Å². The summed E-state index contributed by atoms with van der Waals surface area (Å²) in [4.78, 5) is 11.8. The molecule has 3 nitrogen and oxygen atoms in total. The molecule has 1 saturated heterocycles. The number of epoxide rings is 1. The first-order valence-electron chi connectivity index (χ1n) is 5.76. The third kappa shape index (κ3) is 1.78. The average molecular weight is 214 g/mol. The van der Waals surface area contributed by atoms with Crippen molar-refractivity contribution >= 4 is 5.97 Å². The highest BCUT2D eigenvalue weighted by atomic mass is 16.7. The highest BCUT2D eigenvalue weighted by Gasteiger charge is 2.73. The minimum absolute atomic E-state index is 0.208. The van der Waals surface area contributed by atoms with Crippen molar-refractivity contribution < 1.29 is 14.3 Å². The molecule has 1 fully saturated rings. The van der Waals surface area contributed by atoms with Crippen LogP contribution in [-0.4, -0.2) is 24.3 Å². The summed E-state index contributed by atoms with van der Waals surface area (Å²) < 4.78 is 10.7. The van der Waals surface area contributed by atoms with Crippen LogP contribution < -0.4 is 0 Å². The normalized spacial score (nSPS) is 27.9. The zero-order valence-corrected chi connectivity index (χ0v) is 10.4. The highest BCUT2D eigenvalue weighted by Crippen LogP contribution is 2.56. The van der Waals surface area contributed by atoms with Crippen molar-refractivity contribution in [1.29, 1.82) is 0 Å². The molecular formula is C12H22O3. The maximum absolute atomic E-state index is 11.8. The van der Waals surface area contributed by atoms with E-state index in [1.807, 2.05) is 0 Å². The van der Waals surface area contributed by atoms with E-state index in [0.29, 0.717) is 5.92 Å². The van der Waals surface area contributed by atoms with Gasteiger partial charge in [-0.3, -0.25) is 0 Å². The van der Waals surface area contributed by atoms with Crippen molar-refractivity contribution in [2.45, 2.75) is 58.2 Å². The van der Waals surface area contributed by atoms with Crippen LogP contribution in [0.5, 0.6) is 0 Å². The van der Waals surface area contributed by atoms with Gasteiger partial charge in [-0.25, -0.2) is 4.79 Å². The Bertz CT molecular complexity index is 243. The van der Waals surface area contributed by atoms with Crippen LogP contribution in [0.25, 0.3) is 0 Å². The van der Waals surface area contributed by atoms with Gasteiger partial charge in [0.05, 0.1) is 7.11 Å². The van der Waals surface area contributed by atoms with Gasteiger partial charge in [0.15, 0.2) is 5.60 Å². The number of rotatable bonds is 5. The van der Waals surface area contributed by atoms with E-state index in [4.69, 9.17) is 9.47 Å². The summed E-state index contributed by atoms with van der Waals surface area (Å²) in [5.74, 6) is 0.226. The lowest BCUT2D eigenvalue weighted by Gasteiger charge is -2.17. The minimum atomic E-state index is -0.667. The molecule has 0 saturated carbocycles. The molecule has 0 aliphatic carbocycles.